The monoisotopic (exact) mass is 512 g/mol. The van der Waals surface area contributed by atoms with Crippen LogP contribution >= 0.6 is 0 Å². The van der Waals surface area contributed by atoms with Gasteiger partial charge in [0, 0.05) is 39.1 Å². The van der Waals surface area contributed by atoms with Crippen LogP contribution in [0.1, 0.15) is 43.2 Å². The lowest BCUT2D eigenvalue weighted by Crippen LogP contribution is -2.52. The van der Waals surface area contributed by atoms with Crippen LogP contribution in [-0.4, -0.2) is 68.5 Å². The Balaban J connectivity index is 1.48. The number of allylic oxidation sites excluding steroid dienone is 1. The molecule has 0 spiro atoms. The van der Waals surface area contributed by atoms with Crippen molar-refractivity contribution in [3.05, 3.63) is 59.7 Å². The van der Waals surface area contributed by atoms with Crippen LogP contribution < -0.4 is 9.79 Å². The molecule has 1 amide bonds. The lowest BCUT2D eigenvalue weighted by Gasteiger charge is -2.36. The second-order valence-electron chi connectivity index (χ2n) is 9.55. The highest BCUT2D eigenvalue weighted by Gasteiger charge is 2.31. The molecule has 1 aliphatic heterocycles. The summed E-state index contributed by atoms with van der Waals surface area (Å²) in [5.74, 6) is -0.395. The number of hydrogen-bond donors (Lipinski definition) is 2. The first-order valence-corrected chi connectivity index (χ1v) is 14.1. The third-order valence-electron chi connectivity index (χ3n) is 6.98. The fraction of sp³-hybridized carbons (Fsp3) is 0.444. The summed E-state index contributed by atoms with van der Waals surface area (Å²) < 4.78 is 30.5. The van der Waals surface area contributed by atoms with Crippen molar-refractivity contribution < 1.29 is 18.4 Å². The Morgan fingerprint density at radius 1 is 0.972 bits per heavy atom. The van der Waals surface area contributed by atoms with E-state index in [9.17, 15) is 13.2 Å². The van der Waals surface area contributed by atoms with Crippen LogP contribution in [0.15, 0.2) is 48.5 Å². The number of rotatable bonds is 11. The van der Waals surface area contributed by atoms with Crippen LogP contribution in [0.2, 0.25) is 0 Å². The van der Waals surface area contributed by atoms with Crippen molar-refractivity contribution in [2.45, 2.75) is 38.5 Å². The molecule has 2 aliphatic rings. The first kappa shape index (κ1) is 26.3. The van der Waals surface area contributed by atoms with Crippen LogP contribution in [-0.2, 0) is 21.4 Å². The van der Waals surface area contributed by atoms with E-state index < -0.39 is 16.1 Å². The normalized spacial score (nSPS) is 16.2. The fourth-order valence-electron chi connectivity index (χ4n) is 4.73. The zero-order valence-electron chi connectivity index (χ0n) is 20.9. The summed E-state index contributed by atoms with van der Waals surface area (Å²) in [4.78, 5) is 13.3. The van der Waals surface area contributed by atoms with Crippen LogP contribution in [0.25, 0.3) is 17.2 Å². The van der Waals surface area contributed by atoms with Crippen molar-refractivity contribution in [3.63, 3.8) is 0 Å². The Kier molecular flexibility index (Phi) is 8.79. The molecule has 0 saturated carbocycles. The molecule has 4 rings (SSSR count). The number of anilines is 1. The SMILES string of the molecule is CN1CCN(S(=O)(=O)N(CCCCCCC(=O)NO)c2ccc(-c3ccc4c(c3)C=CC4)cc2)CC1. The number of carbonyl (C=O) groups is 1. The average molecular weight is 513 g/mol. The van der Waals surface area contributed by atoms with Gasteiger partial charge >= 0.3 is 10.2 Å². The van der Waals surface area contributed by atoms with Gasteiger partial charge in [0.2, 0.25) is 5.91 Å². The number of nitrogens with zero attached hydrogens (tertiary/aromatic N) is 3. The maximum atomic E-state index is 13.7. The Morgan fingerprint density at radius 2 is 1.67 bits per heavy atom. The summed E-state index contributed by atoms with van der Waals surface area (Å²) in [6.45, 7) is 2.76. The second-order valence-corrected chi connectivity index (χ2v) is 11.4. The quantitative estimate of drug-likeness (QED) is 0.272. The lowest BCUT2D eigenvalue weighted by molar-refractivity contribution is -0.129. The fourth-order valence-corrected chi connectivity index (χ4v) is 6.39. The van der Waals surface area contributed by atoms with E-state index in [0.29, 0.717) is 51.3 Å². The van der Waals surface area contributed by atoms with Crippen LogP contribution in [0, 0.1) is 0 Å². The van der Waals surface area contributed by atoms with Gasteiger partial charge in [0.05, 0.1) is 5.69 Å². The van der Waals surface area contributed by atoms with Gasteiger partial charge in [0.1, 0.15) is 0 Å². The number of hydrogen-bond acceptors (Lipinski definition) is 5. The molecule has 0 unspecified atom stereocenters. The predicted octanol–water partition coefficient (Wildman–Crippen LogP) is 3.68. The van der Waals surface area contributed by atoms with Gasteiger partial charge < -0.3 is 4.90 Å². The molecule has 2 aromatic carbocycles. The number of unbranched alkanes of at least 4 members (excludes halogenated alkanes) is 3. The highest BCUT2D eigenvalue weighted by Crippen LogP contribution is 2.30. The first-order chi connectivity index (χ1) is 17.4. The molecule has 1 fully saturated rings. The van der Waals surface area contributed by atoms with E-state index in [0.717, 1.165) is 30.4 Å². The smallest absolute Gasteiger partial charge is 0.304 e. The molecule has 194 valence electrons. The van der Waals surface area contributed by atoms with Gasteiger partial charge in [-0.3, -0.25) is 14.3 Å². The molecule has 2 aromatic rings. The van der Waals surface area contributed by atoms with Crippen molar-refractivity contribution in [1.82, 2.24) is 14.7 Å². The molecule has 0 radical (unpaired) electrons. The summed E-state index contributed by atoms with van der Waals surface area (Å²) >= 11 is 0. The van der Waals surface area contributed by atoms with E-state index in [4.69, 9.17) is 5.21 Å². The van der Waals surface area contributed by atoms with Gasteiger partial charge in [0.25, 0.3) is 0 Å². The number of likely N-dealkylation sites (N-methyl/N-ethyl adjacent to an activating group) is 1. The average Bonchev–Trinajstić information content (AvgIpc) is 3.36. The molecule has 36 heavy (non-hydrogen) atoms. The van der Waals surface area contributed by atoms with E-state index in [-0.39, 0.29) is 6.42 Å². The number of piperazine rings is 1. The molecular weight excluding hydrogens is 476 g/mol. The first-order valence-electron chi connectivity index (χ1n) is 12.7. The minimum absolute atomic E-state index is 0.264. The van der Waals surface area contributed by atoms with E-state index >= 15 is 0 Å². The van der Waals surface area contributed by atoms with Crippen molar-refractivity contribution in [1.29, 1.82) is 0 Å². The summed E-state index contributed by atoms with van der Waals surface area (Å²) in [6, 6.07) is 14.3. The minimum Gasteiger partial charge on any atom is -0.304 e. The van der Waals surface area contributed by atoms with E-state index in [2.05, 4.69) is 35.3 Å². The Labute approximate surface area is 214 Å². The number of carbonyl (C=O) groups excluding carboxylic acids is 1. The summed E-state index contributed by atoms with van der Waals surface area (Å²) in [6.07, 6.45) is 8.49. The maximum Gasteiger partial charge on any atom is 0.304 e. The summed E-state index contributed by atoms with van der Waals surface area (Å²) in [5, 5.41) is 8.62. The van der Waals surface area contributed by atoms with Crippen molar-refractivity contribution in [2.75, 3.05) is 44.1 Å². The van der Waals surface area contributed by atoms with Gasteiger partial charge in [0.15, 0.2) is 0 Å². The third-order valence-corrected chi connectivity index (χ3v) is 8.94. The lowest BCUT2D eigenvalue weighted by atomic mass is 10.0. The van der Waals surface area contributed by atoms with Crippen molar-refractivity contribution in [2.24, 2.45) is 0 Å². The number of hydroxylamine groups is 1. The number of nitrogens with one attached hydrogen (secondary N) is 1. The number of fused-ring (bicyclic) bond motifs is 1. The van der Waals surface area contributed by atoms with Gasteiger partial charge in [-0.05, 0) is 66.8 Å². The molecule has 9 heteroatoms. The molecule has 1 aliphatic carbocycles. The Hall–Kier alpha value is -2.72. The number of benzene rings is 2. The van der Waals surface area contributed by atoms with Gasteiger partial charge in [-0.15, -0.1) is 0 Å². The molecule has 8 nitrogen and oxygen atoms in total. The molecule has 0 bridgehead atoms. The van der Waals surface area contributed by atoms with E-state index in [1.807, 2.05) is 31.3 Å². The zero-order chi connectivity index (χ0) is 25.5. The summed E-state index contributed by atoms with van der Waals surface area (Å²) in [7, 11) is -1.66. The highest BCUT2D eigenvalue weighted by molar-refractivity contribution is 7.90. The van der Waals surface area contributed by atoms with E-state index in [1.165, 1.54) is 15.4 Å². The van der Waals surface area contributed by atoms with Crippen molar-refractivity contribution >= 4 is 27.9 Å². The largest absolute Gasteiger partial charge is 0.304 e. The van der Waals surface area contributed by atoms with Crippen molar-refractivity contribution in [3.8, 4) is 11.1 Å². The zero-order valence-corrected chi connectivity index (χ0v) is 21.7. The molecular formula is C27H36N4O4S. The predicted molar refractivity (Wildman–Crippen MR) is 143 cm³/mol. The molecule has 1 heterocycles. The summed E-state index contributed by atoms with van der Waals surface area (Å²) in [5.41, 5.74) is 7.06. The second kappa shape index (κ2) is 12.0. The molecule has 0 atom stereocenters. The van der Waals surface area contributed by atoms with Crippen LogP contribution in [0.3, 0.4) is 0 Å². The van der Waals surface area contributed by atoms with Crippen LogP contribution in [0.4, 0.5) is 5.69 Å². The highest BCUT2D eigenvalue weighted by atomic mass is 32.2. The third kappa shape index (κ3) is 6.34. The van der Waals surface area contributed by atoms with E-state index in [1.54, 1.807) is 9.79 Å². The standard InChI is InChI=1S/C27H36N4O4S/c1-29-17-19-30(20-18-29)36(34,35)31(16-5-3-2-4-9-27(32)28-33)26-14-12-23(13-15-26)25-11-10-22-7-6-8-24(22)21-25/h6,8,10-15,21,33H,2-5,7,9,16-20H2,1H3,(H,28,32). The Morgan fingerprint density at radius 3 is 2.39 bits per heavy atom. The van der Waals surface area contributed by atoms with Crippen LogP contribution in [0.5, 0.6) is 0 Å². The molecule has 0 aromatic heterocycles. The van der Waals surface area contributed by atoms with Gasteiger partial charge in [-0.25, -0.2) is 5.48 Å². The Bertz CT molecular complexity index is 1170. The van der Waals surface area contributed by atoms with Gasteiger partial charge in [-0.1, -0.05) is 49.3 Å². The molecule has 2 N–H and O–H groups in total. The maximum absolute atomic E-state index is 13.7. The molecule has 1 saturated heterocycles. The van der Waals surface area contributed by atoms with Gasteiger partial charge in [-0.2, -0.15) is 12.7 Å². The topological polar surface area (TPSA) is 93.2 Å². The minimum atomic E-state index is -3.66. The number of amides is 1.